The van der Waals surface area contributed by atoms with Crippen molar-refractivity contribution in [3.8, 4) is 0 Å². The molecule has 0 N–H and O–H groups in total. The second kappa shape index (κ2) is 5.50. The van der Waals surface area contributed by atoms with E-state index in [1.807, 2.05) is 0 Å². The molecular formula is C18H24O. The third kappa shape index (κ3) is 2.62. The van der Waals surface area contributed by atoms with Gasteiger partial charge in [-0.15, -0.1) is 0 Å². The molecule has 2 fully saturated rings. The molecule has 2 aliphatic rings. The number of fused-ring (bicyclic) bond motifs is 1. The van der Waals surface area contributed by atoms with Gasteiger partial charge in [0.15, 0.2) is 0 Å². The van der Waals surface area contributed by atoms with Crippen LogP contribution in [0.1, 0.15) is 51.0 Å². The van der Waals surface area contributed by atoms with Gasteiger partial charge in [-0.1, -0.05) is 68.2 Å². The Hall–Kier alpha value is -1.08. The van der Waals surface area contributed by atoms with Crippen molar-refractivity contribution in [1.82, 2.24) is 0 Å². The molecular weight excluding hydrogens is 232 g/mol. The summed E-state index contributed by atoms with van der Waals surface area (Å²) in [6.07, 6.45) is 10.5. The lowest BCUT2D eigenvalue weighted by Crippen LogP contribution is -2.40. The SMILES string of the molecule is CC12CCCCCC1OCC/C2=C\c1ccccc1. The van der Waals surface area contributed by atoms with E-state index in [1.165, 1.54) is 37.7 Å². The van der Waals surface area contributed by atoms with Crippen molar-refractivity contribution in [1.29, 1.82) is 0 Å². The Labute approximate surface area is 116 Å². The Kier molecular flexibility index (Phi) is 3.74. The lowest BCUT2D eigenvalue weighted by atomic mass is 9.70. The zero-order valence-electron chi connectivity index (χ0n) is 11.9. The summed E-state index contributed by atoms with van der Waals surface area (Å²) in [6.45, 7) is 3.33. The van der Waals surface area contributed by atoms with E-state index in [-0.39, 0.29) is 5.41 Å². The van der Waals surface area contributed by atoms with Crippen LogP contribution in [0.15, 0.2) is 35.9 Å². The molecule has 19 heavy (non-hydrogen) atoms. The van der Waals surface area contributed by atoms with Crippen molar-refractivity contribution >= 4 is 6.08 Å². The summed E-state index contributed by atoms with van der Waals surface area (Å²) in [4.78, 5) is 0. The van der Waals surface area contributed by atoms with Crippen molar-refractivity contribution in [2.45, 2.75) is 51.6 Å². The fraction of sp³-hybridized carbons (Fsp3) is 0.556. The fourth-order valence-electron chi connectivity index (χ4n) is 3.70. The van der Waals surface area contributed by atoms with Crippen LogP contribution in [0.3, 0.4) is 0 Å². The van der Waals surface area contributed by atoms with E-state index in [4.69, 9.17) is 4.74 Å². The third-order valence-corrected chi connectivity index (χ3v) is 4.94. The van der Waals surface area contributed by atoms with Gasteiger partial charge in [-0.3, -0.25) is 0 Å². The van der Waals surface area contributed by atoms with Crippen molar-refractivity contribution in [2.75, 3.05) is 6.61 Å². The minimum atomic E-state index is 0.268. The Balaban J connectivity index is 1.93. The monoisotopic (exact) mass is 256 g/mol. The maximum atomic E-state index is 6.09. The number of hydrogen-bond donors (Lipinski definition) is 0. The van der Waals surface area contributed by atoms with E-state index in [2.05, 4.69) is 43.3 Å². The lowest BCUT2D eigenvalue weighted by Gasteiger charge is -2.43. The molecule has 2 unspecified atom stereocenters. The average Bonchev–Trinajstić information content (AvgIpc) is 2.63. The van der Waals surface area contributed by atoms with Gasteiger partial charge in [0.05, 0.1) is 12.7 Å². The summed E-state index contributed by atoms with van der Waals surface area (Å²) in [6, 6.07) is 10.7. The van der Waals surface area contributed by atoms with E-state index in [1.54, 1.807) is 5.57 Å². The first-order chi connectivity index (χ1) is 9.29. The van der Waals surface area contributed by atoms with Gasteiger partial charge in [0, 0.05) is 5.41 Å². The summed E-state index contributed by atoms with van der Waals surface area (Å²) in [5.41, 5.74) is 3.21. The minimum Gasteiger partial charge on any atom is -0.377 e. The van der Waals surface area contributed by atoms with Gasteiger partial charge >= 0.3 is 0 Å². The molecule has 1 aromatic rings. The molecule has 1 aliphatic heterocycles. The normalized spacial score (nSPS) is 33.7. The highest BCUT2D eigenvalue weighted by molar-refractivity contribution is 5.54. The number of benzene rings is 1. The smallest absolute Gasteiger partial charge is 0.0666 e. The van der Waals surface area contributed by atoms with E-state index in [9.17, 15) is 0 Å². The van der Waals surface area contributed by atoms with Gasteiger partial charge in [-0.25, -0.2) is 0 Å². The van der Waals surface area contributed by atoms with Crippen LogP contribution in [-0.2, 0) is 4.74 Å². The van der Waals surface area contributed by atoms with Crippen LogP contribution in [0.25, 0.3) is 6.08 Å². The van der Waals surface area contributed by atoms with Gasteiger partial charge < -0.3 is 4.74 Å². The second-order valence-electron chi connectivity index (χ2n) is 6.21. The number of hydrogen-bond acceptors (Lipinski definition) is 1. The van der Waals surface area contributed by atoms with Crippen LogP contribution in [0.5, 0.6) is 0 Å². The summed E-state index contributed by atoms with van der Waals surface area (Å²) in [5, 5.41) is 0. The molecule has 0 radical (unpaired) electrons. The lowest BCUT2D eigenvalue weighted by molar-refractivity contribution is -0.0463. The summed E-state index contributed by atoms with van der Waals surface area (Å²) in [7, 11) is 0. The van der Waals surface area contributed by atoms with E-state index in [0.717, 1.165) is 13.0 Å². The molecule has 1 aromatic carbocycles. The Morgan fingerprint density at radius 2 is 2.00 bits per heavy atom. The van der Waals surface area contributed by atoms with Crippen LogP contribution >= 0.6 is 0 Å². The highest BCUT2D eigenvalue weighted by Gasteiger charge is 2.41. The van der Waals surface area contributed by atoms with Crippen LogP contribution in [0.2, 0.25) is 0 Å². The van der Waals surface area contributed by atoms with Gasteiger partial charge in [-0.05, 0) is 24.8 Å². The zero-order valence-corrected chi connectivity index (χ0v) is 11.9. The third-order valence-electron chi connectivity index (χ3n) is 4.94. The van der Waals surface area contributed by atoms with Crippen LogP contribution in [0, 0.1) is 5.41 Å². The van der Waals surface area contributed by atoms with Crippen LogP contribution < -0.4 is 0 Å². The van der Waals surface area contributed by atoms with E-state index < -0.39 is 0 Å². The molecule has 1 nitrogen and oxygen atoms in total. The van der Waals surface area contributed by atoms with Crippen molar-refractivity contribution in [3.63, 3.8) is 0 Å². The van der Waals surface area contributed by atoms with Crippen LogP contribution in [-0.4, -0.2) is 12.7 Å². The maximum absolute atomic E-state index is 6.09. The molecule has 102 valence electrons. The molecule has 1 heterocycles. The molecule has 1 aliphatic carbocycles. The van der Waals surface area contributed by atoms with Gasteiger partial charge in [0.25, 0.3) is 0 Å². The average molecular weight is 256 g/mol. The molecule has 0 aromatic heterocycles. The maximum Gasteiger partial charge on any atom is 0.0666 e. The predicted octanol–water partition coefficient (Wildman–Crippen LogP) is 4.83. The summed E-state index contributed by atoms with van der Waals surface area (Å²) < 4.78 is 6.09. The highest BCUT2D eigenvalue weighted by atomic mass is 16.5. The summed E-state index contributed by atoms with van der Waals surface area (Å²) in [5.74, 6) is 0. The van der Waals surface area contributed by atoms with Crippen molar-refractivity contribution < 1.29 is 4.74 Å². The Bertz CT molecular complexity index is 448. The van der Waals surface area contributed by atoms with Gasteiger partial charge in [0.1, 0.15) is 0 Å². The van der Waals surface area contributed by atoms with E-state index in [0.29, 0.717) is 6.10 Å². The largest absolute Gasteiger partial charge is 0.377 e. The minimum absolute atomic E-state index is 0.268. The zero-order chi connectivity index (χ0) is 13.1. The van der Waals surface area contributed by atoms with Crippen LogP contribution in [0.4, 0.5) is 0 Å². The standard InChI is InChI=1S/C18H24O/c1-18-12-7-3-6-10-17(18)19-13-11-16(18)14-15-8-4-2-5-9-15/h2,4-5,8-9,14,17H,3,6-7,10-13H2,1H3/b16-14+. The van der Waals surface area contributed by atoms with Gasteiger partial charge in [-0.2, -0.15) is 0 Å². The van der Waals surface area contributed by atoms with Crippen molar-refractivity contribution in [3.05, 3.63) is 41.5 Å². The Morgan fingerprint density at radius 3 is 2.84 bits per heavy atom. The quantitative estimate of drug-likeness (QED) is 0.699. The summed E-state index contributed by atoms with van der Waals surface area (Å²) >= 11 is 0. The molecule has 1 saturated carbocycles. The molecule has 3 rings (SSSR count). The Morgan fingerprint density at radius 1 is 1.16 bits per heavy atom. The first-order valence-electron chi connectivity index (χ1n) is 7.67. The fourth-order valence-corrected chi connectivity index (χ4v) is 3.70. The first kappa shape index (κ1) is 12.9. The molecule has 1 saturated heterocycles. The first-order valence-corrected chi connectivity index (χ1v) is 7.67. The molecule has 0 bridgehead atoms. The van der Waals surface area contributed by atoms with Gasteiger partial charge in [0.2, 0.25) is 0 Å². The molecule has 0 spiro atoms. The topological polar surface area (TPSA) is 9.23 Å². The predicted molar refractivity (Wildman–Crippen MR) is 80.0 cm³/mol. The van der Waals surface area contributed by atoms with Crippen molar-refractivity contribution in [2.24, 2.45) is 5.41 Å². The molecule has 2 atom stereocenters. The number of rotatable bonds is 1. The molecule has 1 heteroatoms. The second-order valence-corrected chi connectivity index (χ2v) is 6.21. The molecule has 0 amide bonds. The van der Waals surface area contributed by atoms with E-state index >= 15 is 0 Å². The highest BCUT2D eigenvalue weighted by Crippen LogP contribution is 2.47. The number of ether oxygens (including phenoxy) is 1.